The number of hydrogen-bond donors (Lipinski definition) is 0. The fourth-order valence-corrected chi connectivity index (χ4v) is 3.57. The molecule has 5 nitrogen and oxygen atoms in total. The molecule has 0 aromatic carbocycles. The molecule has 0 spiro atoms. The summed E-state index contributed by atoms with van der Waals surface area (Å²) < 4.78 is 4.67. The molecule has 1 saturated carbocycles. The molecule has 0 radical (unpaired) electrons. The van der Waals surface area contributed by atoms with E-state index < -0.39 is 0 Å². The highest BCUT2D eigenvalue weighted by Crippen LogP contribution is 2.36. The highest BCUT2D eigenvalue weighted by Gasteiger charge is 2.34. The molecule has 0 bridgehead atoms. The van der Waals surface area contributed by atoms with E-state index in [1.165, 1.54) is 45.6 Å². The number of carbonyl (C=O) groups excluding carboxylic acids is 1. The zero-order valence-corrected chi connectivity index (χ0v) is 11.9. The van der Waals surface area contributed by atoms with Crippen LogP contribution >= 0.6 is 0 Å². The van der Waals surface area contributed by atoms with Crippen molar-refractivity contribution >= 4 is 11.9 Å². The summed E-state index contributed by atoms with van der Waals surface area (Å²) >= 11 is 0. The van der Waals surface area contributed by atoms with Crippen molar-refractivity contribution in [1.29, 1.82) is 0 Å². The summed E-state index contributed by atoms with van der Waals surface area (Å²) in [4.78, 5) is 22.5. The summed E-state index contributed by atoms with van der Waals surface area (Å²) in [6, 6.07) is 0.585. The van der Waals surface area contributed by atoms with Crippen LogP contribution in [0.1, 0.15) is 48.9 Å². The lowest BCUT2D eigenvalue weighted by Crippen LogP contribution is -2.35. The predicted molar refractivity (Wildman–Crippen MR) is 75.7 cm³/mol. The molecule has 2 heterocycles. The molecule has 20 heavy (non-hydrogen) atoms. The van der Waals surface area contributed by atoms with Gasteiger partial charge in [-0.25, -0.2) is 14.8 Å². The summed E-state index contributed by atoms with van der Waals surface area (Å²) in [7, 11) is 1.37. The van der Waals surface area contributed by atoms with Crippen LogP contribution < -0.4 is 4.90 Å². The monoisotopic (exact) mass is 275 g/mol. The molecule has 0 N–H and O–H groups in total. The first-order chi connectivity index (χ1) is 9.79. The fraction of sp³-hybridized carbons (Fsp3) is 0.667. The van der Waals surface area contributed by atoms with E-state index >= 15 is 0 Å². The second-order valence-corrected chi connectivity index (χ2v) is 5.71. The van der Waals surface area contributed by atoms with Crippen molar-refractivity contribution < 1.29 is 9.53 Å². The molecular weight excluding hydrogens is 254 g/mol. The molecule has 2 aliphatic rings. The SMILES string of the molecule is COC(=O)c1cnc(N2CCCC2C2CCCC2)nc1. The third kappa shape index (κ3) is 2.49. The molecule has 3 rings (SSSR count). The van der Waals surface area contributed by atoms with Crippen LogP contribution in [-0.4, -0.2) is 35.6 Å². The summed E-state index contributed by atoms with van der Waals surface area (Å²) in [6.07, 6.45) is 11.0. The van der Waals surface area contributed by atoms with E-state index in [2.05, 4.69) is 19.6 Å². The fourth-order valence-electron chi connectivity index (χ4n) is 3.57. The summed E-state index contributed by atoms with van der Waals surface area (Å²) in [5.74, 6) is 1.17. The van der Waals surface area contributed by atoms with Crippen molar-refractivity contribution in [2.45, 2.75) is 44.6 Å². The highest BCUT2D eigenvalue weighted by molar-refractivity contribution is 5.88. The van der Waals surface area contributed by atoms with E-state index in [1.54, 1.807) is 12.4 Å². The Morgan fingerprint density at radius 2 is 1.90 bits per heavy atom. The Kier molecular flexibility index (Phi) is 3.85. The standard InChI is InChI=1S/C15H21N3O2/c1-20-14(19)12-9-16-15(17-10-12)18-8-4-7-13(18)11-5-2-3-6-11/h9-11,13H,2-8H2,1H3. The Hall–Kier alpha value is -1.65. The molecule has 108 valence electrons. The lowest BCUT2D eigenvalue weighted by molar-refractivity contribution is 0.0600. The van der Waals surface area contributed by atoms with Crippen LogP contribution in [0, 0.1) is 5.92 Å². The van der Waals surface area contributed by atoms with Crippen LogP contribution in [0.2, 0.25) is 0 Å². The van der Waals surface area contributed by atoms with Gasteiger partial charge in [0.2, 0.25) is 5.95 Å². The van der Waals surface area contributed by atoms with E-state index in [4.69, 9.17) is 0 Å². The second kappa shape index (κ2) is 5.77. The van der Waals surface area contributed by atoms with E-state index in [0.29, 0.717) is 11.6 Å². The molecule has 5 heteroatoms. The lowest BCUT2D eigenvalue weighted by atomic mass is 9.96. The zero-order valence-electron chi connectivity index (χ0n) is 11.9. The third-order valence-electron chi connectivity index (χ3n) is 4.56. The van der Waals surface area contributed by atoms with Crippen LogP contribution in [0.25, 0.3) is 0 Å². The number of hydrogen-bond acceptors (Lipinski definition) is 5. The van der Waals surface area contributed by atoms with Gasteiger partial charge in [0.1, 0.15) is 0 Å². The zero-order chi connectivity index (χ0) is 13.9. The maximum atomic E-state index is 11.4. The Bertz CT molecular complexity index is 469. The second-order valence-electron chi connectivity index (χ2n) is 5.71. The van der Waals surface area contributed by atoms with Crippen LogP contribution in [0.15, 0.2) is 12.4 Å². The third-order valence-corrected chi connectivity index (χ3v) is 4.56. The van der Waals surface area contributed by atoms with Gasteiger partial charge in [0.25, 0.3) is 0 Å². The number of carbonyl (C=O) groups is 1. The number of rotatable bonds is 3. The first-order valence-electron chi connectivity index (χ1n) is 7.46. The van der Waals surface area contributed by atoms with Crippen LogP contribution in [-0.2, 0) is 4.74 Å². The van der Waals surface area contributed by atoms with Crippen molar-refractivity contribution in [2.24, 2.45) is 5.92 Å². The van der Waals surface area contributed by atoms with Gasteiger partial charge >= 0.3 is 5.97 Å². The first-order valence-corrected chi connectivity index (χ1v) is 7.46. The molecule has 1 unspecified atom stereocenters. The van der Waals surface area contributed by atoms with Gasteiger partial charge in [-0.2, -0.15) is 0 Å². The van der Waals surface area contributed by atoms with Crippen molar-refractivity contribution in [3.63, 3.8) is 0 Å². The minimum Gasteiger partial charge on any atom is -0.465 e. The molecule has 1 aromatic rings. The van der Waals surface area contributed by atoms with Crippen molar-refractivity contribution in [3.05, 3.63) is 18.0 Å². The number of ether oxygens (including phenoxy) is 1. The van der Waals surface area contributed by atoms with Crippen LogP contribution in [0.3, 0.4) is 0 Å². The summed E-state index contributed by atoms with van der Waals surface area (Å²) in [5.41, 5.74) is 0.410. The maximum absolute atomic E-state index is 11.4. The average Bonchev–Trinajstić information content (AvgIpc) is 3.16. The largest absolute Gasteiger partial charge is 0.465 e. The van der Waals surface area contributed by atoms with Crippen LogP contribution in [0.4, 0.5) is 5.95 Å². The Morgan fingerprint density at radius 1 is 1.20 bits per heavy atom. The topological polar surface area (TPSA) is 55.3 Å². The van der Waals surface area contributed by atoms with Crippen molar-refractivity contribution in [2.75, 3.05) is 18.6 Å². The predicted octanol–water partition coefficient (Wildman–Crippen LogP) is 2.42. The van der Waals surface area contributed by atoms with Gasteiger partial charge in [-0.3, -0.25) is 0 Å². The van der Waals surface area contributed by atoms with Crippen molar-refractivity contribution in [3.8, 4) is 0 Å². The van der Waals surface area contributed by atoms with E-state index in [0.717, 1.165) is 18.4 Å². The normalized spacial score (nSPS) is 23.2. The number of esters is 1. The summed E-state index contributed by atoms with van der Waals surface area (Å²) in [6.45, 7) is 1.03. The van der Waals surface area contributed by atoms with Crippen molar-refractivity contribution in [1.82, 2.24) is 9.97 Å². The van der Waals surface area contributed by atoms with Gasteiger partial charge in [-0.15, -0.1) is 0 Å². The maximum Gasteiger partial charge on any atom is 0.341 e. The van der Waals surface area contributed by atoms with E-state index in [1.807, 2.05) is 0 Å². The number of methoxy groups -OCH3 is 1. The molecule has 1 aromatic heterocycles. The smallest absolute Gasteiger partial charge is 0.341 e. The molecule has 1 aliphatic carbocycles. The highest BCUT2D eigenvalue weighted by atomic mass is 16.5. The van der Waals surface area contributed by atoms with Gasteiger partial charge in [0.05, 0.1) is 12.7 Å². The molecule has 2 fully saturated rings. The average molecular weight is 275 g/mol. The van der Waals surface area contributed by atoms with Crippen LogP contribution in [0.5, 0.6) is 0 Å². The van der Waals surface area contributed by atoms with Gasteiger partial charge < -0.3 is 9.64 Å². The molecule has 0 amide bonds. The van der Waals surface area contributed by atoms with E-state index in [9.17, 15) is 4.79 Å². The number of anilines is 1. The minimum atomic E-state index is -0.384. The quantitative estimate of drug-likeness (QED) is 0.793. The molecule has 1 atom stereocenters. The Morgan fingerprint density at radius 3 is 2.55 bits per heavy atom. The minimum absolute atomic E-state index is 0.384. The Balaban J connectivity index is 1.75. The first kappa shape index (κ1) is 13.3. The number of aromatic nitrogens is 2. The summed E-state index contributed by atoms with van der Waals surface area (Å²) in [5, 5.41) is 0. The lowest BCUT2D eigenvalue weighted by Gasteiger charge is -2.29. The molecular formula is C15H21N3O2. The van der Waals surface area contributed by atoms with E-state index in [-0.39, 0.29) is 5.97 Å². The van der Waals surface area contributed by atoms with Gasteiger partial charge in [0.15, 0.2) is 0 Å². The van der Waals surface area contributed by atoms with Gasteiger partial charge in [-0.1, -0.05) is 12.8 Å². The molecule has 1 saturated heterocycles. The molecule has 1 aliphatic heterocycles. The Labute approximate surface area is 119 Å². The number of nitrogens with zero attached hydrogens (tertiary/aromatic N) is 3. The van der Waals surface area contributed by atoms with Gasteiger partial charge in [0, 0.05) is 25.0 Å². The van der Waals surface area contributed by atoms with Gasteiger partial charge in [-0.05, 0) is 31.6 Å².